The van der Waals surface area contributed by atoms with Gasteiger partial charge in [0.2, 0.25) is 16.0 Å². The van der Waals surface area contributed by atoms with Crippen molar-refractivity contribution in [1.29, 1.82) is 0 Å². The predicted molar refractivity (Wildman–Crippen MR) is 84.7 cm³/mol. The molecule has 5 nitrogen and oxygen atoms in total. The van der Waals surface area contributed by atoms with Crippen LogP contribution in [0, 0.1) is 13.8 Å². The zero-order valence-electron chi connectivity index (χ0n) is 12.9. The molecule has 0 radical (unpaired) electrons. The maximum atomic E-state index is 11.4. The van der Waals surface area contributed by atoms with Crippen molar-refractivity contribution in [3.05, 3.63) is 29.3 Å². The Morgan fingerprint density at radius 2 is 1.80 bits per heavy atom. The number of rotatable bonds is 2. The molecule has 0 fully saturated rings. The molecule has 0 heterocycles. The summed E-state index contributed by atoms with van der Waals surface area (Å²) in [6.45, 7) is 9.68. The summed E-state index contributed by atoms with van der Waals surface area (Å²) in [5, 5.41) is 3.05. The Morgan fingerprint density at radius 1 is 1.20 bits per heavy atom. The molecule has 0 amide bonds. The van der Waals surface area contributed by atoms with Gasteiger partial charge in [-0.2, -0.15) is 0 Å². The normalized spacial score (nSPS) is 13.2. The number of benzene rings is 1. The lowest BCUT2D eigenvalue weighted by Gasteiger charge is -2.18. The molecule has 0 saturated carbocycles. The maximum Gasteiger partial charge on any atom is 0.232 e. The second kappa shape index (κ2) is 5.83. The summed E-state index contributed by atoms with van der Waals surface area (Å²) >= 11 is 0. The van der Waals surface area contributed by atoms with E-state index in [2.05, 4.69) is 15.0 Å². The molecule has 0 saturated heterocycles. The monoisotopic (exact) mass is 297 g/mol. The molecule has 20 heavy (non-hydrogen) atoms. The van der Waals surface area contributed by atoms with Gasteiger partial charge in [-0.3, -0.25) is 4.72 Å². The van der Waals surface area contributed by atoms with Crippen LogP contribution in [0.1, 0.15) is 31.9 Å². The maximum absolute atomic E-state index is 11.4. The van der Waals surface area contributed by atoms with Crippen LogP contribution in [0.2, 0.25) is 0 Å². The van der Waals surface area contributed by atoms with Gasteiger partial charge in [0.05, 0.1) is 11.8 Å². The summed E-state index contributed by atoms with van der Waals surface area (Å²) < 4.78 is 25.3. The van der Waals surface area contributed by atoms with Gasteiger partial charge < -0.3 is 5.32 Å². The third-order valence-corrected chi connectivity index (χ3v) is 2.93. The molecule has 1 aromatic carbocycles. The van der Waals surface area contributed by atoms with Gasteiger partial charge in [0.15, 0.2) is 0 Å². The summed E-state index contributed by atoms with van der Waals surface area (Å²) in [4.78, 5) is 4.37. The number of sulfonamides is 1. The number of nitrogens with zero attached hydrogens (tertiary/aromatic N) is 1. The van der Waals surface area contributed by atoms with Gasteiger partial charge in [-0.15, -0.1) is 0 Å². The zero-order chi connectivity index (χ0) is 15.6. The number of anilines is 1. The van der Waals surface area contributed by atoms with E-state index in [0.717, 1.165) is 23.1 Å². The van der Waals surface area contributed by atoms with Gasteiger partial charge in [0.1, 0.15) is 0 Å². The zero-order valence-corrected chi connectivity index (χ0v) is 13.7. The molecule has 1 aromatic rings. The van der Waals surface area contributed by atoms with Gasteiger partial charge in [0, 0.05) is 5.69 Å². The van der Waals surface area contributed by atoms with E-state index in [1.807, 2.05) is 52.8 Å². The van der Waals surface area contributed by atoms with E-state index in [-0.39, 0.29) is 5.96 Å². The van der Waals surface area contributed by atoms with Crippen molar-refractivity contribution in [2.75, 3.05) is 11.6 Å². The van der Waals surface area contributed by atoms with Crippen LogP contribution in [-0.4, -0.2) is 26.2 Å². The van der Waals surface area contributed by atoms with Crippen LogP contribution in [-0.2, 0) is 10.0 Å². The summed E-state index contributed by atoms with van der Waals surface area (Å²) in [6, 6.07) is 5.90. The number of nitrogens with one attached hydrogen (secondary N) is 2. The highest BCUT2D eigenvalue weighted by atomic mass is 32.2. The minimum absolute atomic E-state index is 0.229. The third-order valence-electron chi connectivity index (χ3n) is 2.36. The molecule has 0 aliphatic rings. The fourth-order valence-electron chi connectivity index (χ4n) is 1.67. The molecule has 0 atom stereocenters. The van der Waals surface area contributed by atoms with Crippen LogP contribution >= 0.6 is 0 Å². The fraction of sp³-hybridized carbons (Fsp3) is 0.500. The first kappa shape index (κ1) is 16.5. The molecule has 0 bridgehead atoms. The number of hydrogen-bond acceptors (Lipinski definition) is 3. The first-order valence-electron chi connectivity index (χ1n) is 6.38. The number of aryl methyl sites for hydroxylation is 2. The van der Waals surface area contributed by atoms with Gasteiger partial charge in [-0.05, 0) is 46.2 Å². The summed E-state index contributed by atoms with van der Waals surface area (Å²) in [7, 11) is -3.38. The average molecular weight is 297 g/mol. The summed E-state index contributed by atoms with van der Waals surface area (Å²) in [5.41, 5.74) is 2.62. The minimum atomic E-state index is -3.38. The highest BCUT2D eigenvalue weighted by Gasteiger charge is 2.14. The topological polar surface area (TPSA) is 70.6 Å². The fourth-order valence-corrected chi connectivity index (χ4v) is 2.12. The first-order chi connectivity index (χ1) is 8.96. The number of aliphatic imine (C=N–C) groups is 1. The van der Waals surface area contributed by atoms with Crippen LogP contribution in [0.25, 0.3) is 0 Å². The van der Waals surface area contributed by atoms with Crippen LogP contribution in [0.3, 0.4) is 0 Å². The number of hydrogen-bond donors (Lipinski definition) is 2. The Balaban J connectivity index is 3.10. The molecule has 0 aliphatic heterocycles. The standard InChI is InChI=1S/C14H23N3O2S/c1-10-7-8-12(11(2)9-10)15-13(16-14(3,4)5)17-20(6,18)19/h7-9H,1-6H3,(H2,15,16,17). The van der Waals surface area contributed by atoms with E-state index in [9.17, 15) is 8.42 Å². The lowest BCUT2D eigenvalue weighted by atomic mass is 10.1. The molecule has 0 unspecified atom stereocenters. The first-order valence-corrected chi connectivity index (χ1v) is 8.27. The Kier molecular flexibility index (Phi) is 4.81. The SMILES string of the molecule is Cc1ccc(NC(=NC(C)(C)C)NS(C)(=O)=O)c(C)c1. The molecule has 2 N–H and O–H groups in total. The Morgan fingerprint density at radius 3 is 2.25 bits per heavy atom. The summed E-state index contributed by atoms with van der Waals surface area (Å²) in [5.74, 6) is 0.229. The third kappa shape index (κ3) is 6.06. The Labute approximate surface area is 121 Å². The van der Waals surface area contributed by atoms with Crippen LogP contribution in [0.15, 0.2) is 23.2 Å². The van der Waals surface area contributed by atoms with E-state index < -0.39 is 15.6 Å². The van der Waals surface area contributed by atoms with E-state index in [1.54, 1.807) is 0 Å². The van der Waals surface area contributed by atoms with Gasteiger partial charge >= 0.3 is 0 Å². The van der Waals surface area contributed by atoms with Crippen molar-refractivity contribution < 1.29 is 8.42 Å². The van der Waals surface area contributed by atoms with E-state index in [1.165, 1.54) is 0 Å². The number of guanidine groups is 1. The molecular formula is C14H23N3O2S. The second-order valence-electron chi connectivity index (χ2n) is 5.95. The molecule has 0 aromatic heterocycles. The quantitative estimate of drug-likeness (QED) is 0.650. The van der Waals surface area contributed by atoms with Gasteiger partial charge in [0.25, 0.3) is 0 Å². The van der Waals surface area contributed by atoms with Crippen LogP contribution in [0.4, 0.5) is 5.69 Å². The lowest BCUT2D eigenvalue weighted by Crippen LogP contribution is -2.37. The van der Waals surface area contributed by atoms with E-state index >= 15 is 0 Å². The van der Waals surface area contributed by atoms with Gasteiger partial charge in [-0.1, -0.05) is 17.7 Å². The predicted octanol–water partition coefficient (Wildman–Crippen LogP) is 2.42. The Bertz CT molecular complexity index is 614. The highest BCUT2D eigenvalue weighted by molar-refractivity contribution is 7.89. The lowest BCUT2D eigenvalue weighted by molar-refractivity contribution is 0.579. The highest BCUT2D eigenvalue weighted by Crippen LogP contribution is 2.16. The van der Waals surface area contributed by atoms with Crippen molar-refractivity contribution in [3.63, 3.8) is 0 Å². The van der Waals surface area contributed by atoms with Crippen LogP contribution < -0.4 is 10.0 Å². The van der Waals surface area contributed by atoms with Crippen molar-refractivity contribution in [2.24, 2.45) is 4.99 Å². The smallest absolute Gasteiger partial charge is 0.232 e. The van der Waals surface area contributed by atoms with Crippen molar-refractivity contribution in [1.82, 2.24) is 4.72 Å². The van der Waals surface area contributed by atoms with Crippen molar-refractivity contribution in [3.8, 4) is 0 Å². The molecule has 1 rings (SSSR count). The second-order valence-corrected chi connectivity index (χ2v) is 7.70. The van der Waals surface area contributed by atoms with Crippen LogP contribution in [0.5, 0.6) is 0 Å². The average Bonchev–Trinajstić information content (AvgIpc) is 2.17. The molecule has 0 aliphatic carbocycles. The van der Waals surface area contributed by atoms with Gasteiger partial charge in [-0.25, -0.2) is 13.4 Å². The largest absolute Gasteiger partial charge is 0.325 e. The molecular weight excluding hydrogens is 274 g/mol. The molecule has 112 valence electrons. The van der Waals surface area contributed by atoms with E-state index in [4.69, 9.17) is 0 Å². The van der Waals surface area contributed by atoms with Crippen molar-refractivity contribution >= 4 is 21.7 Å². The van der Waals surface area contributed by atoms with Crippen molar-refractivity contribution in [2.45, 2.75) is 40.2 Å². The Hall–Kier alpha value is -1.56. The minimum Gasteiger partial charge on any atom is -0.325 e. The molecule has 6 heteroatoms. The molecule has 0 spiro atoms. The summed E-state index contributed by atoms with van der Waals surface area (Å²) in [6.07, 6.45) is 1.11. The van der Waals surface area contributed by atoms with E-state index in [0.29, 0.717) is 0 Å².